The molecular weight excluding hydrogens is 218 g/mol. The van der Waals surface area contributed by atoms with E-state index in [1.807, 2.05) is 0 Å². The lowest BCUT2D eigenvalue weighted by molar-refractivity contribution is -0.143. The van der Waals surface area contributed by atoms with Gasteiger partial charge in [0.05, 0.1) is 6.61 Å². The smallest absolute Gasteiger partial charge is 0.305 e. The molecule has 1 rings (SSSR count). The van der Waals surface area contributed by atoms with Crippen LogP contribution in [-0.4, -0.2) is 25.0 Å². The van der Waals surface area contributed by atoms with E-state index < -0.39 is 0 Å². The summed E-state index contributed by atoms with van der Waals surface area (Å²) in [6.45, 7) is 2.80. The van der Waals surface area contributed by atoms with Crippen molar-refractivity contribution in [1.82, 2.24) is 5.32 Å². The van der Waals surface area contributed by atoms with Gasteiger partial charge in [-0.25, -0.2) is 0 Å². The van der Waals surface area contributed by atoms with E-state index in [0.29, 0.717) is 26.0 Å². The van der Waals surface area contributed by atoms with Gasteiger partial charge in [-0.2, -0.15) is 0 Å². The van der Waals surface area contributed by atoms with Gasteiger partial charge in [0.2, 0.25) is 5.91 Å². The number of amides is 1. The second-order valence-corrected chi connectivity index (χ2v) is 4.53. The van der Waals surface area contributed by atoms with Gasteiger partial charge in [-0.05, 0) is 26.2 Å². The minimum absolute atomic E-state index is 0.161. The first-order chi connectivity index (χ1) is 8.24. The predicted molar refractivity (Wildman–Crippen MR) is 65.5 cm³/mol. The zero-order valence-corrected chi connectivity index (χ0v) is 10.7. The number of hydrogen-bond acceptors (Lipinski definition) is 3. The maximum atomic E-state index is 11.7. The van der Waals surface area contributed by atoms with E-state index in [9.17, 15) is 9.59 Å². The van der Waals surface area contributed by atoms with E-state index in [4.69, 9.17) is 4.74 Å². The fourth-order valence-electron chi connectivity index (χ4n) is 2.19. The lowest BCUT2D eigenvalue weighted by atomic mass is 9.89. The summed E-state index contributed by atoms with van der Waals surface area (Å²) in [5.74, 6) is 0.180. The van der Waals surface area contributed by atoms with E-state index >= 15 is 0 Å². The number of ether oxygens (including phenoxy) is 1. The number of rotatable bonds is 6. The Bertz CT molecular complexity index is 247. The zero-order chi connectivity index (χ0) is 12.5. The molecular formula is C13H23NO3. The van der Waals surface area contributed by atoms with Crippen molar-refractivity contribution >= 4 is 11.9 Å². The van der Waals surface area contributed by atoms with Crippen molar-refractivity contribution in [1.29, 1.82) is 0 Å². The molecule has 0 spiro atoms. The lowest BCUT2D eigenvalue weighted by Crippen LogP contribution is -2.32. The second-order valence-electron chi connectivity index (χ2n) is 4.53. The van der Waals surface area contributed by atoms with E-state index in [0.717, 1.165) is 12.8 Å². The highest BCUT2D eigenvalue weighted by Crippen LogP contribution is 2.23. The molecule has 0 atom stereocenters. The van der Waals surface area contributed by atoms with E-state index in [-0.39, 0.29) is 17.8 Å². The van der Waals surface area contributed by atoms with Gasteiger partial charge < -0.3 is 10.1 Å². The zero-order valence-electron chi connectivity index (χ0n) is 10.7. The summed E-state index contributed by atoms with van der Waals surface area (Å²) in [4.78, 5) is 22.8. The Morgan fingerprint density at radius 3 is 2.59 bits per heavy atom. The molecule has 4 nitrogen and oxygen atoms in total. The Balaban J connectivity index is 2.05. The summed E-state index contributed by atoms with van der Waals surface area (Å²) in [5.41, 5.74) is 0. The number of nitrogens with one attached hydrogen (secondary N) is 1. The SMILES string of the molecule is CCOC(=O)CCCNC(=O)C1CCCCC1. The topological polar surface area (TPSA) is 55.4 Å². The van der Waals surface area contributed by atoms with Gasteiger partial charge in [0, 0.05) is 18.9 Å². The molecule has 1 aliphatic rings. The van der Waals surface area contributed by atoms with Crippen molar-refractivity contribution in [3.05, 3.63) is 0 Å². The van der Waals surface area contributed by atoms with Crippen molar-refractivity contribution in [2.45, 2.75) is 51.9 Å². The van der Waals surface area contributed by atoms with Gasteiger partial charge in [-0.1, -0.05) is 19.3 Å². The molecule has 1 fully saturated rings. The summed E-state index contributed by atoms with van der Waals surface area (Å²) in [6.07, 6.45) is 6.68. The molecule has 0 unspecified atom stereocenters. The molecule has 1 N–H and O–H groups in total. The fraction of sp³-hybridized carbons (Fsp3) is 0.846. The van der Waals surface area contributed by atoms with Crippen LogP contribution in [-0.2, 0) is 14.3 Å². The van der Waals surface area contributed by atoms with Gasteiger partial charge in [0.15, 0.2) is 0 Å². The minimum atomic E-state index is -0.181. The van der Waals surface area contributed by atoms with Gasteiger partial charge >= 0.3 is 5.97 Å². The van der Waals surface area contributed by atoms with Crippen molar-refractivity contribution in [2.24, 2.45) is 5.92 Å². The standard InChI is InChI=1S/C13H23NO3/c1-2-17-12(15)9-6-10-14-13(16)11-7-4-3-5-8-11/h11H,2-10H2,1H3,(H,14,16). The molecule has 0 aromatic carbocycles. The van der Waals surface area contributed by atoms with Gasteiger partial charge in [-0.3, -0.25) is 9.59 Å². The predicted octanol–water partition coefficient (Wildman–Crippen LogP) is 2.03. The van der Waals surface area contributed by atoms with Crippen molar-refractivity contribution < 1.29 is 14.3 Å². The van der Waals surface area contributed by atoms with E-state index in [2.05, 4.69) is 5.32 Å². The summed E-state index contributed by atoms with van der Waals surface area (Å²) >= 11 is 0. The quantitative estimate of drug-likeness (QED) is 0.572. The van der Waals surface area contributed by atoms with E-state index in [1.165, 1.54) is 19.3 Å². The van der Waals surface area contributed by atoms with Crippen LogP contribution in [0.2, 0.25) is 0 Å². The molecule has 1 amide bonds. The van der Waals surface area contributed by atoms with Crippen LogP contribution >= 0.6 is 0 Å². The van der Waals surface area contributed by atoms with Gasteiger partial charge in [0.25, 0.3) is 0 Å². The molecule has 1 aliphatic carbocycles. The van der Waals surface area contributed by atoms with Crippen molar-refractivity contribution in [2.75, 3.05) is 13.2 Å². The number of carbonyl (C=O) groups is 2. The highest BCUT2D eigenvalue weighted by Gasteiger charge is 2.20. The molecule has 0 radical (unpaired) electrons. The third kappa shape index (κ3) is 5.71. The molecule has 4 heteroatoms. The molecule has 1 saturated carbocycles. The number of carbonyl (C=O) groups excluding carboxylic acids is 2. The molecule has 0 saturated heterocycles. The van der Waals surface area contributed by atoms with Crippen LogP contribution in [0.25, 0.3) is 0 Å². The largest absolute Gasteiger partial charge is 0.466 e. The van der Waals surface area contributed by atoms with E-state index in [1.54, 1.807) is 6.92 Å². The average Bonchev–Trinajstić information content (AvgIpc) is 2.36. The highest BCUT2D eigenvalue weighted by atomic mass is 16.5. The van der Waals surface area contributed by atoms with Crippen LogP contribution in [0.1, 0.15) is 51.9 Å². The Morgan fingerprint density at radius 1 is 1.24 bits per heavy atom. The monoisotopic (exact) mass is 241 g/mol. The molecule has 0 heterocycles. The third-order valence-corrected chi connectivity index (χ3v) is 3.14. The highest BCUT2D eigenvalue weighted by molar-refractivity contribution is 5.78. The Labute approximate surface area is 103 Å². The molecule has 98 valence electrons. The molecule has 17 heavy (non-hydrogen) atoms. The molecule has 0 aromatic rings. The first kappa shape index (κ1) is 14.0. The van der Waals surface area contributed by atoms with Crippen LogP contribution in [0.4, 0.5) is 0 Å². The Hall–Kier alpha value is -1.06. The lowest BCUT2D eigenvalue weighted by Gasteiger charge is -2.20. The maximum absolute atomic E-state index is 11.7. The molecule has 0 bridgehead atoms. The summed E-state index contributed by atoms with van der Waals surface area (Å²) in [5, 5.41) is 2.90. The number of esters is 1. The van der Waals surface area contributed by atoms with Crippen LogP contribution in [0.5, 0.6) is 0 Å². The van der Waals surface area contributed by atoms with Crippen LogP contribution in [0.3, 0.4) is 0 Å². The van der Waals surface area contributed by atoms with Crippen molar-refractivity contribution in [3.63, 3.8) is 0 Å². The Kier molecular flexibility index (Phi) is 6.67. The Morgan fingerprint density at radius 2 is 1.94 bits per heavy atom. The maximum Gasteiger partial charge on any atom is 0.305 e. The molecule has 0 aliphatic heterocycles. The number of hydrogen-bond donors (Lipinski definition) is 1. The summed E-state index contributed by atoms with van der Waals surface area (Å²) < 4.78 is 4.81. The van der Waals surface area contributed by atoms with Crippen LogP contribution in [0.15, 0.2) is 0 Å². The third-order valence-electron chi connectivity index (χ3n) is 3.14. The second kappa shape index (κ2) is 8.09. The summed E-state index contributed by atoms with van der Waals surface area (Å²) in [6, 6.07) is 0. The first-order valence-corrected chi connectivity index (χ1v) is 6.67. The van der Waals surface area contributed by atoms with Gasteiger partial charge in [-0.15, -0.1) is 0 Å². The van der Waals surface area contributed by atoms with Crippen molar-refractivity contribution in [3.8, 4) is 0 Å². The van der Waals surface area contributed by atoms with Crippen LogP contribution < -0.4 is 5.32 Å². The van der Waals surface area contributed by atoms with Crippen LogP contribution in [0, 0.1) is 5.92 Å². The average molecular weight is 241 g/mol. The summed E-state index contributed by atoms with van der Waals surface area (Å²) in [7, 11) is 0. The normalized spacial score (nSPS) is 16.5. The molecule has 0 aromatic heterocycles. The fourth-order valence-corrected chi connectivity index (χ4v) is 2.19. The minimum Gasteiger partial charge on any atom is -0.466 e. The first-order valence-electron chi connectivity index (χ1n) is 6.67. The van der Waals surface area contributed by atoms with Gasteiger partial charge in [0.1, 0.15) is 0 Å².